The molecule has 0 spiro atoms. The quantitative estimate of drug-likeness (QED) is 0.510. The fourth-order valence-electron chi connectivity index (χ4n) is 2.84. The molecule has 8 heteroatoms. The number of amides is 1. The third-order valence-corrected chi connectivity index (χ3v) is 4.20. The zero-order valence-corrected chi connectivity index (χ0v) is 11.9. The zero-order chi connectivity index (χ0) is 15.1. The van der Waals surface area contributed by atoms with Crippen LogP contribution in [0.2, 0.25) is 5.02 Å². The molecule has 0 aromatic heterocycles. The van der Waals surface area contributed by atoms with E-state index in [1.54, 1.807) is 4.90 Å². The monoisotopic (exact) mass is 311 g/mol. The Labute approximate surface area is 125 Å². The van der Waals surface area contributed by atoms with Crippen molar-refractivity contribution in [1.82, 2.24) is 4.90 Å². The van der Waals surface area contributed by atoms with E-state index in [2.05, 4.69) is 0 Å². The minimum atomic E-state index is -0.592. The average Bonchev–Trinajstić information content (AvgIpc) is 2.79. The van der Waals surface area contributed by atoms with Gasteiger partial charge in [0, 0.05) is 25.2 Å². The summed E-state index contributed by atoms with van der Waals surface area (Å²) in [6.07, 6.45) is 1.95. The number of benzene rings is 1. The van der Waals surface area contributed by atoms with Crippen LogP contribution in [0.4, 0.5) is 11.4 Å². The van der Waals surface area contributed by atoms with Gasteiger partial charge in [-0.3, -0.25) is 14.9 Å². The molecule has 21 heavy (non-hydrogen) atoms. The largest absolute Gasteiger partial charge is 0.397 e. The van der Waals surface area contributed by atoms with E-state index in [9.17, 15) is 14.9 Å². The Balaban J connectivity index is 1.92. The number of hydrogen-bond acceptors (Lipinski definition) is 5. The lowest BCUT2D eigenvalue weighted by molar-refractivity contribution is -0.384. The number of nitro groups is 1. The lowest BCUT2D eigenvalue weighted by atomic mass is 10.1. The number of carbonyl (C=O) groups is 1. The molecular weight excluding hydrogens is 298 g/mol. The summed E-state index contributed by atoms with van der Waals surface area (Å²) in [5.74, 6) is -0.335. The van der Waals surface area contributed by atoms with E-state index in [0.717, 1.165) is 18.9 Å². The van der Waals surface area contributed by atoms with Crippen LogP contribution in [0.1, 0.15) is 23.2 Å². The Bertz CT molecular complexity index is 610. The first kappa shape index (κ1) is 14.1. The smallest absolute Gasteiger partial charge is 0.271 e. The Hall–Kier alpha value is -1.86. The van der Waals surface area contributed by atoms with Crippen molar-refractivity contribution < 1.29 is 14.5 Å². The lowest BCUT2D eigenvalue weighted by Crippen LogP contribution is -2.46. The number of likely N-dealkylation sites (tertiary alicyclic amines) is 1. The molecule has 1 aromatic rings. The second-order valence-corrected chi connectivity index (χ2v) is 5.72. The highest BCUT2D eigenvalue weighted by molar-refractivity contribution is 6.34. The molecule has 112 valence electrons. The molecule has 2 fully saturated rings. The van der Waals surface area contributed by atoms with Gasteiger partial charge < -0.3 is 15.4 Å². The maximum Gasteiger partial charge on any atom is 0.271 e. The molecule has 0 saturated carbocycles. The van der Waals surface area contributed by atoms with Crippen molar-refractivity contribution in [2.75, 3.05) is 18.8 Å². The predicted octanol–water partition coefficient (Wildman–Crippen LogP) is 1.83. The molecule has 2 N–H and O–H groups in total. The van der Waals surface area contributed by atoms with Crippen LogP contribution in [0.25, 0.3) is 0 Å². The topological polar surface area (TPSA) is 98.7 Å². The number of hydrogen-bond donors (Lipinski definition) is 1. The van der Waals surface area contributed by atoms with Gasteiger partial charge in [0.2, 0.25) is 0 Å². The van der Waals surface area contributed by atoms with Crippen LogP contribution in [0.5, 0.6) is 0 Å². The number of nitrogens with two attached hydrogens (primary N) is 1. The highest BCUT2D eigenvalue weighted by atomic mass is 35.5. The van der Waals surface area contributed by atoms with Crippen LogP contribution in [0, 0.1) is 10.1 Å². The van der Waals surface area contributed by atoms with E-state index < -0.39 is 4.92 Å². The summed E-state index contributed by atoms with van der Waals surface area (Å²) in [7, 11) is 0. The molecule has 3 rings (SSSR count). The molecule has 2 heterocycles. The predicted molar refractivity (Wildman–Crippen MR) is 76.3 cm³/mol. The molecule has 1 aromatic carbocycles. The molecule has 2 atom stereocenters. The Morgan fingerprint density at radius 2 is 2.00 bits per heavy atom. The van der Waals surface area contributed by atoms with E-state index >= 15 is 0 Å². The fourth-order valence-corrected chi connectivity index (χ4v) is 3.05. The number of carbonyl (C=O) groups excluding carboxylic acids is 1. The van der Waals surface area contributed by atoms with Crippen LogP contribution in [-0.4, -0.2) is 41.0 Å². The van der Waals surface area contributed by atoms with E-state index in [1.807, 2.05) is 0 Å². The average molecular weight is 312 g/mol. The third kappa shape index (κ3) is 2.54. The van der Waals surface area contributed by atoms with Crippen molar-refractivity contribution in [3.8, 4) is 0 Å². The van der Waals surface area contributed by atoms with Crippen LogP contribution in [-0.2, 0) is 4.74 Å². The minimum absolute atomic E-state index is 0.0174. The first-order valence-corrected chi connectivity index (χ1v) is 7.01. The summed E-state index contributed by atoms with van der Waals surface area (Å²) in [4.78, 5) is 24.5. The van der Waals surface area contributed by atoms with Crippen LogP contribution in [0.3, 0.4) is 0 Å². The number of nitrogen functional groups attached to an aromatic ring is 1. The zero-order valence-electron chi connectivity index (χ0n) is 11.1. The first-order chi connectivity index (χ1) is 9.95. The number of rotatable bonds is 2. The van der Waals surface area contributed by atoms with Crippen LogP contribution < -0.4 is 5.73 Å². The highest BCUT2D eigenvalue weighted by Gasteiger charge is 2.36. The summed E-state index contributed by atoms with van der Waals surface area (Å²) < 4.78 is 5.67. The Morgan fingerprint density at radius 3 is 2.57 bits per heavy atom. The SMILES string of the molecule is Nc1c(Cl)cc([N+](=O)[O-])cc1C(=O)N1CC2CCC(C1)O2. The maximum atomic E-state index is 12.6. The van der Waals surface area contributed by atoms with Gasteiger partial charge >= 0.3 is 0 Å². The van der Waals surface area contributed by atoms with Crippen molar-refractivity contribution in [2.24, 2.45) is 0 Å². The van der Waals surface area contributed by atoms with Crippen LogP contribution in [0.15, 0.2) is 12.1 Å². The normalized spacial score (nSPS) is 24.1. The molecule has 7 nitrogen and oxygen atoms in total. The molecule has 2 bridgehead atoms. The van der Waals surface area contributed by atoms with Crippen molar-refractivity contribution in [1.29, 1.82) is 0 Å². The standard InChI is InChI=1S/C13H14ClN3O4/c14-11-4-7(17(19)20)3-10(12(11)15)13(18)16-5-8-1-2-9(6-16)21-8/h3-4,8-9H,1-2,5-6,15H2. The van der Waals surface area contributed by atoms with E-state index in [4.69, 9.17) is 22.1 Å². The number of halogens is 1. The number of fused-ring (bicyclic) bond motifs is 2. The van der Waals surface area contributed by atoms with E-state index in [0.29, 0.717) is 13.1 Å². The Morgan fingerprint density at radius 1 is 1.38 bits per heavy atom. The van der Waals surface area contributed by atoms with Gasteiger partial charge in [-0.15, -0.1) is 0 Å². The second kappa shape index (κ2) is 5.16. The van der Waals surface area contributed by atoms with Crippen molar-refractivity contribution in [3.05, 3.63) is 32.8 Å². The summed E-state index contributed by atoms with van der Waals surface area (Å²) >= 11 is 5.89. The number of nitro benzene ring substituents is 1. The Kier molecular flexibility index (Phi) is 3.46. The van der Waals surface area contributed by atoms with Gasteiger partial charge in [-0.1, -0.05) is 11.6 Å². The minimum Gasteiger partial charge on any atom is -0.397 e. The highest BCUT2D eigenvalue weighted by Crippen LogP contribution is 2.32. The van der Waals surface area contributed by atoms with Gasteiger partial charge in [0.1, 0.15) is 0 Å². The number of anilines is 1. The van der Waals surface area contributed by atoms with Gasteiger partial charge in [-0.2, -0.15) is 0 Å². The molecule has 0 aliphatic carbocycles. The number of nitrogens with zero attached hydrogens (tertiary/aromatic N) is 2. The van der Waals surface area contributed by atoms with Gasteiger partial charge in [-0.05, 0) is 12.8 Å². The summed E-state index contributed by atoms with van der Waals surface area (Å²) in [6.45, 7) is 0.962. The first-order valence-electron chi connectivity index (χ1n) is 6.64. The summed E-state index contributed by atoms with van der Waals surface area (Å²) in [5, 5.41) is 10.9. The molecule has 2 unspecified atom stereocenters. The van der Waals surface area contributed by atoms with Gasteiger partial charge in [0.15, 0.2) is 0 Å². The molecule has 1 amide bonds. The molecule has 2 aliphatic rings. The van der Waals surface area contributed by atoms with E-state index in [1.165, 1.54) is 6.07 Å². The molecule has 0 radical (unpaired) electrons. The van der Waals surface area contributed by atoms with Gasteiger partial charge in [0.25, 0.3) is 11.6 Å². The van der Waals surface area contributed by atoms with Gasteiger partial charge in [0.05, 0.1) is 33.4 Å². The van der Waals surface area contributed by atoms with Crippen molar-refractivity contribution in [3.63, 3.8) is 0 Å². The fraction of sp³-hybridized carbons (Fsp3) is 0.462. The summed E-state index contributed by atoms with van der Waals surface area (Å²) in [5.41, 5.74) is 5.72. The second-order valence-electron chi connectivity index (χ2n) is 5.31. The molecule has 2 saturated heterocycles. The summed E-state index contributed by atoms with van der Waals surface area (Å²) in [6, 6.07) is 2.33. The van der Waals surface area contributed by atoms with Crippen LogP contribution >= 0.6 is 11.6 Å². The maximum absolute atomic E-state index is 12.6. The number of non-ortho nitro benzene ring substituents is 1. The van der Waals surface area contributed by atoms with E-state index in [-0.39, 0.29) is 40.1 Å². The van der Waals surface area contributed by atoms with Crippen molar-refractivity contribution >= 4 is 28.9 Å². The molecular formula is C13H14ClN3O4. The number of morpholine rings is 1. The van der Waals surface area contributed by atoms with Gasteiger partial charge in [-0.25, -0.2) is 0 Å². The lowest BCUT2D eigenvalue weighted by Gasteiger charge is -2.32. The number of ether oxygens (including phenoxy) is 1. The molecule has 2 aliphatic heterocycles. The van der Waals surface area contributed by atoms with Crippen molar-refractivity contribution in [2.45, 2.75) is 25.0 Å². The third-order valence-electron chi connectivity index (χ3n) is 3.89.